The van der Waals surface area contributed by atoms with Gasteiger partial charge in [-0.3, -0.25) is 0 Å². The van der Waals surface area contributed by atoms with Crippen LogP contribution in [0.4, 0.5) is 0 Å². The van der Waals surface area contributed by atoms with E-state index >= 15 is 0 Å². The third kappa shape index (κ3) is 3.18. The molecule has 2 rings (SSSR count). The Morgan fingerprint density at radius 1 is 1.33 bits per heavy atom. The SMILES string of the molecule is CC1(C)CCCN(CC2CCC(N)C2)C1. The van der Waals surface area contributed by atoms with Crippen LogP contribution in [0.15, 0.2) is 0 Å². The van der Waals surface area contributed by atoms with Gasteiger partial charge in [0.05, 0.1) is 0 Å². The molecule has 0 bridgehead atoms. The lowest BCUT2D eigenvalue weighted by atomic mass is 9.84. The minimum atomic E-state index is 0.493. The summed E-state index contributed by atoms with van der Waals surface area (Å²) in [7, 11) is 0. The number of hydrogen-bond acceptors (Lipinski definition) is 2. The molecule has 2 nitrogen and oxygen atoms in total. The van der Waals surface area contributed by atoms with Gasteiger partial charge < -0.3 is 10.6 Å². The zero-order valence-corrected chi connectivity index (χ0v) is 10.3. The molecule has 0 aromatic rings. The van der Waals surface area contributed by atoms with E-state index in [2.05, 4.69) is 18.7 Å². The third-order valence-corrected chi connectivity index (χ3v) is 4.08. The molecule has 1 saturated carbocycles. The standard InChI is InChI=1S/C13H26N2/c1-13(2)6-3-7-15(10-13)9-11-4-5-12(14)8-11/h11-12H,3-10,14H2,1-2H3. The Morgan fingerprint density at radius 2 is 2.13 bits per heavy atom. The van der Waals surface area contributed by atoms with E-state index in [0.717, 1.165) is 5.92 Å². The van der Waals surface area contributed by atoms with E-state index in [-0.39, 0.29) is 0 Å². The Hall–Kier alpha value is -0.0800. The Kier molecular flexibility index (Phi) is 3.36. The Bertz CT molecular complexity index is 213. The number of hydrogen-bond donors (Lipinski definition) is 1. The van der Waals surface area contributed by atoms with Crippen molar-refractivity contribution >= 4 is 0 Å². The Labute approximate surface area is 94.2 Å². The van der Waals surface area contributed by atoms with Gasteiger partial charge in [-0.1, -0.05) is 13.8 Å². The Balaban J connectivity index is 1.79. The molecule has 2 atom stereocenters. The maximum atomic E-state index is 5.97. The van der Waals surface area contributed by atoms with Crippen LogP contribution in [-0.4, -0.2) is 30.6 Å². The Morgan fingerprint density at radius 3 is 2.73 bits per heavy atom. The lowest BCUT2D eigenvalue weighted by Crippen LogP contribution is -2.42. The second kappa shape index (κ2) is 4.42. The van der Waals surface area contributed by atoms with Gasteiger partial charge in [-0.2, -0.15) is 0 Å². The molecule has 15 heavy (non-hydrogen) atoms. The molecule has 2 heteroatoms. The van der Waals surface area contributed by atoms with Gasteiger partial charge in [0.2, 0.25) is 0 Å². The maximum Gasteiger partial charge on any atom is 0.00420 e. The van der Waals surface area contributed by atoms with E-state index in [1.165, 1.54) is 51.7 Å². The van der Waals surface area contributed by atoms with E-state index in [1.807, 2.05) is 0 Å². The fourth-order valence-electron chi connectivity index (χ4n) is 3.35. The van der Waals surface area contributed by atoms with Crippen molar-refractivity contribution in [3.63, 3.8) is 0 Å². The van der Waals surface area contributed by atoms with Crippen molar-refractivity contribution in [1.29, 1.82) is 0 Å². The average molecular weight is 210 g/mol. The summed E-state index contributed by atoms with van der Waals surface area (Å²) in [5.74, 6) is 0.883. The van der Waals surface area contributed by atoms with Gasteiger partial charge in [0.25, 0.3) is 0 Å². The van der Waals surface area contributed by atoms with E-state index < -0.39 is 0 Å². The van der Waals surface area contributed by atoms with Crippen LogP contribution in [0.5, 0.6) is 0 Å². The molecule has 88 valence electrons. The summed E-state index contributed by atoms with van der Waals surface area (Å²) >= 11 is 0. The monoisotopic (exact) mass is 210 g/mol. The van der Waals surface area contributed by atoms with Crippen molar-refractivity contribution in [3.05, 3.63) is 0 Å². The molecule has 2 aliphatic rings. The quantitative estimate of drug-likeness (QED) is 0.757. The highest BCUT2D eigenvalue weighted by atomic mass is 15.1. The van der Waals surface area contributed by atoms with Gasteiger partial charge in [-0.25, -0.2) is 0 Å². The highest BCUT2D eigenvalue weighted by molar-refractivity contribution is 4.84. The average Bonchev–Trinajstić information content (AvgIpc) is 2.49. The first kappa shape index (κ1) is 11.4. The number of likely N-dealkylation sites (tertiary alicyclic amines) is 1. The largest absolute Gasteiger partial charge is 0.328 e. The van der Waals surface area contributed by atoms with Crippen molar-refractivity contribution in [2.75, 3.05) is 19.6 Å². The molecule has 2 fully saturated rings. The zero-order chi connectivity index (χ0) is 10.9. The van der Waals surface area contributed by atoms with E-state index in [0.29, 0.717) is 11.5 Å². The van der Waals surface area contributed by atoms with Gasteiger partial charge in [0, 0.05) is 19.1 Å². The van der Waals surface area contributed by atoms with Gasteiger partial charge >= 0.3 is 0 Å². The lowest BCUT2D eigenvalue weighted by molar-refractivity contribution is 0.102. The summed E-state index contributed by atoms with van der Waals surface area (Å²) in [5.41, 5.74) is 6.51. The van der Waals surface area contributed by atoms with Crippen LogP contribution in [-0.2, 0) is 0 Å². The third-order valence-electron chi connectivity index (χ3n) is 4.08. The highest BCUT2D eigenvalue weighted by Gasteiger charge is 2.29. The fourth-order valence-corrected chi connectivity index (χ4v) is 3.35. The van der Waals surface area contributed by atoms with Gasteiger partial charge in [0.15, 0.2) is 0 Å². The topological polar surface area (TPSA) is 29.3 Å². The van der Waals surface area contributed by atoms with Crippen LogP contribution < -0.4 is 5.73 Å². The van der Waals surface area contributed by atoms with Crippen molar-refractivity contribution in [1.82, 2.24) is 4.90 Å². The fraction of sp³-hybridized carbons (Fsp3) is 1.00. The number of rotatable bonds is 2. The predicted octanol–water partition coefficient (Wildman–Crippen LogP) is 2.24. The van der Waals surface area contributed by atoms with Crippen LogP contribution in [0.2, 0.25) is 0 Å². The van der Waals surface area contributed by atoms with E-state index in [9.17, 15) is 0 Å². The molecule has 1 saturated heterocycles. The number of nitrogens with zero attached hydrogens (tertiary/aromatic N) is 1. The van der Waals surface area contributed by atoms with Crippen molar-refractivity contribution in [2.24, 2.45) is 17.1 Å². The first-order valence-electron chi connectivity index (χ1n) is 6.53. The van der Waals surface area contributed by atoms with Gasteiger partial charge in [-0.15, -0.1) is 0 Å². The molecule has 0 aromatic carbocycles. The molecule has 0 spiro atoms. The molecule has 0 aromatic heterocycles. The van der Waals surface area contributed by atoms with Gasteiger partial charge in [0.1, 0.15) is 0 Å². The second-order valence-electron chi connectivity index (χ2n) is 6.44. The number of piperidine rings is 1. The smallest absolute Gasteiger partial charge is 0.00420 e. The minimum absolute atomic E-state index is 0.493. The molecule has 0 amide bonds. The van der Waals surface area contributed by atoms with E-state index in [4.69, 9.17) is 5.73 Å². The van der Waals surface area contributed by atoms with Gasteiger partial charge in [-0.05, 0) is 50.0 Å². The summed E-state index contributed by atoms with van der Waals surface area (Å²) in [6, 6.07) is 0.493. The molecular weight excluding hydrogens is 184 g/mol. The van der Waals surface area contributed by atoms with Crippen LogP contribution in [0.25, 0.3) is 0 Å². The first-order chi connectivity index (χ1) is 7.05. The van der Waals surface area contributed by atoms with Crippen LogP contribution in [0.3, 0.4) is 0 Å². The van der Waals surface area contributed by atoms with Crippen LogP contribution in [0, 0.1) is 11.3 Å². The zero-order valence-electron chi connectivity index (χ0n) is 10.3. The maximum absolute atomic E-state index is 5.97. The highest BCUT2D eigenvalue weighted by Crippen LogP contribution is 2.31. The summed E-state index contributed by atoms with van der Waals surface area (Å²) in [6.07, 6.45) is 6.65. The van der Waals surface area contributed by atoms with Crippen molar-refractivity contribution in [3.8, 4) is 0 Å². The molecular formula is C13H26N2. The molecule has 0 radical (unpaired) electrons. The van der Waals surface area contributed by atoms with Crippen LogP contribution in [0.1, 0.15) is 46.0 Å². The van der Waals surface area contributed by atoms with E-state index in [1.54, 1.807) is 0 Å². The summed E-state index contributed by atoms with van der Waals surface area (Å²) in [4.78, 5) is 2.67. The summed E-state index contributed by atoms with van der Waals surface area (Å²) in [5, 5.41) is 0. The first-order valence-corrected chi connectivity index (χ1v) is 6.53. The molecule has 1 aliphatic heterocycles. The number of nitrogens with two attached hydrogens (primary N) is 1. The molecule has 1 heterocycles. The normalized spacial score (nSPS) is 37.0. The predicted molar refractivity (Wildman–Crippen MR) is 64.8 cm³/mol. The van der Waals surface area contributed by atoms with Crippen molar-refractivity contribution in [2.45, 2.75) is 52.0 Å². The van der Waals surface area contributed by atoms with Crippen molar-refractivity contribution < 1.29 is 0 Å². The second-order valence-corrected chi connectivity index (χ2v) is 6.44. The molecule has 2 N–H and O–H groups in total. The minimum Gasteiger partial charge on any atom is -0.328 e. The molecule has 2 unspecified atom stereocenters. The molecule has 1 aliphatic carbocycles. The summed E-state index contributed by atoms with van der Waals surface area (Å²) < 4.78 is 0. The lowest BCUT2D eigenvalue weighted by Gasteiger charge is -2.39. The van der Waals surface area contributed by atoms with Crippen LogP contribution >= 0.6 is 0 Å². The summed E-state index contributed by atoms with van der Waals surface area (Å²) in [6.45, 7) is 8.71.